The SMILES string of the molecule is C[C@H]1C=CN(C(=O)CCC(F)(F)F)CC1. The van der Waals surface area contributed by atoms with Crippen LogP contribution in [-0.2, 0) is 4.79 Å². The third-order valence-electron chi connectivity index (χ3n) is 2.36. The second-order valence-electron chi connectivity index (χ2n) is 3.81. The average molecular weight is 221 g/mol. The van der Waals surface area contributed by atoms with E-state index in [1.807, 2.05) is 13.0 Å². The van der Waals surface area contributed by atoms with E-state index in [0.717, 1.165) is 6.42 Å². The van der Waals surface area contributed by atoms with Gasteiger partial charge in [0.25, 0.3) is 0 Å². The molecule has 86 valence electrons. The number of alkyl halides is 3. The van der Waals surface area contributed by atoms with Gasteiger partial charge in [-0.2, -0.15) is 13.2 Å². The number of hydrogen-bond acceptors (Lipinski definition) is 1. The van der Waals surface area contributed by atoms with Gasteiger partial charge in [-0.1, -0.05) is 13.0 Å². The van der Waals surface area contributed by atoms with Gasteiger partial charge in [0.2, 0.25) is 5.91 Å². The number of amides is 1. The Hall–Kier alpha value is -1.00. The number of rotatable bonds is 2. The first-order valence-corrected chi connectivity index (χ1v) is 4.93. The molecular weight excluding hydrogens is 207 g/mol. The smallest absolute Gasteiger partial charge is 0.319 e. The van der Waals surface area contributed by atoms with Crippen molar-refractivity contribution in [2.24, 2.45) is 5.92 Å². The molecule has 0 spiro atoms. The first-order valence-electron chi connectivity index (χ1n) is 4.93. The highest BCUT2D eigenvalue weighted by Crippen LogP contribution is 2.22. The highest BCUT2D eigenvalue weighted by atomic mass is 19.4. The third kappa shape index (κ3) is 4.36. The molecule has 0 bridgehead atoms. The summed E-state index contributed by atoms with van der Waals surface area (Å²) < 4.78 is 35.6. The van der Waals surface area contributed by atoms with Crippen molar-refractivity contribution < 1.29 is 18.0 Å². The largest absolute Gasteiger partial charge is 0.389 e. The van der Waals surface area contributed by atoms with E-state index >= 15 is 0 Å². The van der Waals surface area contributed by atoms with Gasteiger partial charge in [-0.25, -0.2) is 0 Å². The number of carbonyl (C=O) groups excluding carboxylic acids is 1. The molecule has 15 heavy (non-hydrogen) atoms. The second-order valence-corrected chi connectivity index (χ2v) is 3.81. The molecule has 1 heterocycles. The van der Waals surface area contributed by atoms with Crippen molar-refractivity contribution in [1.82, 2.24) is 4.90 Å². The van der Waals surface area contributed by atoms with E-state index in [-0.39, 0.29) is 0 Å². The predicted octanol–water partition coefficient (Wildman–Crippen LogP) is 2.71. The van der Waals surface area contributed by atoms with E-state index < -0.39 is 24.9 Å². The minimum Gasteiger partial charge on any atom is -0.319 e. The van der Waals surface area contributed by atoms with Gasteiger partial charge in [0, 0.05) is 19.2 Å². The fourth-order valence-corrected chi connectivity index (χ4v) is 1.36. The van der Waals surface area contributed by atoms with Gasteiger partial charge in [-0.3, -0.25) is 4.79 Å². The zero-order chi connectivity index (χ0) is 11.5. The number of allylic oxidation sites excluding steroid dienone is 1. The molecule has 0 aromatic heterocycles. The molecule has 1 atom stereocenters. The molecular formula is C10H14F3NO. The summed E-state index contributed by atoms with van der Waals surface area (Å²) in [5, 5.41) is 0. The Balaban J connectivity index is 2.38. The molecule has 1 amide bonds. The summed E-state index contributed by atoms with van der Waals surface area (Å²) >= 11 is 0. The summed E-state index contributed by atoms with van der Waals surface area (Å²) in [4.78, 5) is 12.7. The molecule has 5 heteroatoms. The van der Waals surface area contributed by atoms with Crippen molar-refractivity contribution in [2.45, 2.75) is 32.4 Å². The number of hydrogen-bond donors (Lipinski definition) is 0. The van der Waals surface area contributed by atoms with Crippen LogP contribution in [0.25, 0.3) is 0 Å². The summed E-state index contributed by atoms with van der Waals surface area (Å²) in [5.41, 5.74) is 0. The molecule has 1 aliphatic heterocycles. The Kier molecular flexibility index (Phi) is 3.77. The highest BCUT2D eigenvalue weighted by Gasteiger charge is 2.29. The van der Waals surface area contributed by atoms with Crippen molar-refractivity contribution in [1.29, 1.82) is 0 Å². The lowest BCUT2D eigenvalue weighted by Gasteiger charge is -2.24. The zero-order valence-corrected chi connectivity index (χ0v) is 8.55. The van der Waals surface area contributed by atoms with E-state index in [2.05, 4.69) is 0 Å². The fourth-order valence-electron chi connectivity index (χ4n) is 1.36. The Labute approximate surface area is 86.7 Å². The standard InChI is InChI=1S/C10H14F3NO/c1-8-3-6-14(7-4-8)9(15)2-5-10(11,12)13/h3,6,8H,2,4-5,7H2,1H3/t8-/m0/s1. The van der Waals surface area contributed by atoms with Crippen LogP contribution in [0.4, 0.5) is 13.2 Å². The maximum atomic E-state index is 11.9. The quantitative estimate of drug-likeness (QED) is 0.702. The first-order chi connectivity index (χ1) is 6.88. The molecule has 0 N–H and O–H groups in total. The molecule has 0 aromatic rings. The molecule has 0 saturated carbocycles. The van der Waals surface area contributed by atoms with Crippen molar-refractivity contribution >= 4 is 5.91 Å². The molecule has 0 aliphatic carbocycles. The number of halogens is 3. The van der Waals surface area contributed by atoms with Gasteiger partial charge in [-0.05, 0) is 12.3 Å². The highest BCUT2D eigenvalue weighted by molar-refractivity contribution is 5.77. The summed E-state index contributed by atoms with van der Waals surface area (Å²) in [6, 6.07) is 0. The third-order valence-corrected chi connectivity index (χ3v) is 2.36. The molecule has 1 aliphatic rings. The van der Waals surface area contributed by atoms with E-state index in [9.17, 15) is 18.0 Å². The zero-order valence-electron chi connectivity index (χ0n) is 8.55. The van der Waals surface area contributed by atoms with Crippen LogP contribution in [0.15, 0.2) is 12.3 Å². The van der Waals surface area contributed by atoms with Crippen LogP contribution in [-0.4, -0.2) is 23.5 Å². The normalized spacial score (nSPS) is 21.9. The molecule has 2 nitrogen and oxygen atoms in total. The van der Waals surface area contributed by atoms with Gasteiger partial charge >= 0.3 is 6.18 Å². The summed E-state index contributed by atoms with van der Waals surface area (Å²) in [5.74, 6) is -0.0489. The van der Waals surface area contributed by atoms with E-state index in [0.29, 0.717) is 12.5 Å². The Morgan fingerprint density at radius 1 is 1.53 bits per heavy atom. The van der Waals surface area contributed by atoms with Crippen molar-refractivity contribution in [3.8, 4) is 0 Å². The van der Waals surface area contributed by atoms with Crippen molar-refractivity contribution in [2.75, 3.05) is 6.54 Å². The predicted molar refractivity (Wildman–Crippen MR) is 49.9 cm³/mol. The van der Waals surface area contributed by atoms with Crippen LogP contribution in [0.1, 0.15) is 26.2 Å². The van der Waals surface area contributed by atoms with E-state index in [4.69, 9.17) is 0 Å². The minimum atomic E-state index is -4.25. The van der Waals surface area contributed by atoms with Gasteiger partial charge in [-0.15, -0.1) is 0 Å². The Morgan fingerprint density at radius 2 is 2.20 bits per heavy atom. The lowest BCUT2D eigenvalue weighted by atomic mass is 10.0. The first kappa shape index (κ1) is 12.1. The maximum Gasteiger partial charge on any atom is 0.389 e. The topological polar surface area (TPSA) is 20.3 Å². The Morgan fingerprint density at radius 3 is 2.67 bits per heavy atom. The van der Waals surface area contributed by atoms with Crippen LogP contribution in [0, 0.1) is 5.92 Å². The number of carbonyl (C=O) groups is 1. The molecule has 1 rings (SSSR count). The Bertz CT molecular complexity index is 260. The monoisotopic (exact) mass is 221 g/mol. The molecule has 0 unspecified atom stereocenters. The summed E-state index contributed by atoms with van der Waals surface area (Å²) in [6.07, 6.45) is -1.49. The maximum absolute atomic E-state index is 11.9. The van der Waals surface area contributed by atoms with Gasteiger partial charge < -0.3 is 4.90 Å². The van der Waals surface area contributed by atoms with Crippen LogP contribution in [0.5, 0.6) is 0 Å². The lowest BCUT2D eigenvalue weighted by Crippen LogP contribution is -2.31. The molecule has 0 saturated heterocycles. The van der Waals surface area contributed by atoms with Crippen LogP contribution in [0.2, 0.25) is 0 Å². The van der Waals surface area contributed by atoms with E-state index in [1.54, 1.807) is 6.20 Å². The number of nitrogens with zero attached hydrogens (tertiary/aromatic N) is 1. The second kappa shape index (κ2) is 4.68. The molecule has 0 fully saturated rings. The van der Waals surface area contributed by atoms with Crippen LogP contribution in [0.3, 0.4) is 0 Å². The van der Waals surface area contributed by atoms with E-state index in [1.165, 1.54) is 4.90 Å². The summed E-state index contributed by atoms with van der Waals surface area (Å²) in [7, 11) is 0. The van der Waals surface area contributed by atoms with Gasteiger partial charge in [0.1, 0.15) is 0 Å². The van der Waals surface area contributed by atoms with Gasteiger partial charge in [0.05, 0.1) is 6.42 Å². The van der Waals surface area contributed by atoms with Gasteiger partial charge in [0.15, 0.2) is 0 Å². The van der Waals surface area contributed by atoms with Crippen molar-refractivity contribution in [3.05, 3.63) is 12.3 Å². The van der Waals surface area contributed by atoms with Crippen LogP contribution >= 0.6 is 0 Å². The fraction of sp³-hybridized carbons (Fsp3) is 0.700. The minimum absolute atomic E-state index is 0.400. The van der Waals surface area contributed by atoms with Crippen molar-refractivity contribution in [3.63, 3.8) is 0 Å². The lowest BCUT2D eigenvalue weighted by molar-refractivity contribution is -0.147. The van der Waals surface area contributed by atoms with Crippen LogP contribution < -0.4 is 0 Å². The molecule has 0 aromatic carbocycles. The average Bonchev–Trinajstić information content (AvgIpc) is 2.14. The summed E-state index contributed by atoms with van der Waals surface area (Å²) in [6.45, 7) is 2.53. The molecule has 0 radical (unpaired) electrons.